The Morgan fingerprint density at radius 1 is 1.43 bits per heavy atom. The smallest absolute Gasteiger partial charge is 0.0697 e. The van der Waals surface area contributed by atoms with Gasteiger partial charge in [0.05, 0.1) is 13.2 Å². The molecule has 4 heteroatoms. The first-order chi connectivity index (χ1) is 6.93. The topological polar surface area (TPSA) is 57.3 Å². The molecule has 0 radical (unpaired) electrons. The molecule has 0 aliphatic heterocycles. The van der Waals surface area contributed by atoms with Crippen LogP contribution in [0.4, 0.5) is 0 Å². The van der Waals surface area contributed by atoms with Crippen molar-refractivity contribution in [1.82, 2.24) is 10.3 Å². The van der Waals surface area contributed by atoms with Crippen molar-refractivity contribution >= 4 is 0 Å². The summed E-state index contributed by atoms with van der Waals surface area (Å²) in [6.45, 7) is 3.06. The quantitative estimate of drug-likeness (QED) is 0.533. The van der Waals surface area contributed by atoms with E-state index in [9.17, 15) is 0 Å². The molecular formula is C10H18N2O2. The van der Waals surface area contributed by atoms with E-state index in [-0.39, 0.29) is 6.61 Å². The number of aromatic amines is 1. The highest BCUT2D eigenvalue weighted by Gasteiger charge is 1.92. The van der Waals surface area contributed by atoms with Crippen LogP contribution >= 0.6 is 0 Å². The van der Waals surface area contributed by atoms with E-state index in [0.717, 1.165) is 19.5 Å². The van der Waals surface area contributed by atoms with E-state index in [2.05, 4.69) is 16.4 Å². The van der Waals surface area contributed by atoms with Gasteiger partial charge in [-0.2, -0.15) is 0 Å². The SMILES string of the molecule is OCCOCCCNCc1ccc[nH]1. The average molecular weight is 198 g/mol. The Kier molecular flexibility index (Phi) is 6.06. The summed E-state index contributed by atoms with van der Waals surface area (Å²) in [6.07, 6.45) is 2.89. The van der Waals surface area contributed by atoms with Gasteiger partial charge < -0.3 is 20.1 Å². The van der Waals surface area contributed by atoms with E-state index in [4.69, 9.17) is 9.84 Å². The second-order valence-corrected chi connectivity index (χ2v) is 3.06. The van der Waals surface area contributed by atoms with Crippen LogP contribution in [0.5, 0.6) is 0 Å². The molecule has 4 nitrogen and oxygen atoms in total. The van der Waals surface area contributed by atoms with Gasteiger partial charge in [0, 0.05) is 25.0 Å². The van der Waals surface area contributed by atoms with Crippen LogP contribution in [0.1, 0.15) is 12.1 Å². The first-order valence-corrected chi connectivity index (χ1v) is 4.95. The molecule has 14 heavy (non-hydrogen) atoms. The number of aliphatic hydroxyl groups is 1. The lowest BCUT2D eigenvalue weighted by Crippen LogP contribution is -2.16. The normalized spacial score (nSPS) is 10.6. The van der Waals surface area contributed by atoms with E-state index in [1.807, 2.05) is 12.3 Å². The van der Waals surface area contributed by atoms with Gasteiger partial charge in [-0.05, 0) is 25.1 Å². The predicted molar refractivity (Wildman–Crippen MR) is 55.0 cm³/mol. The molecule has 0 aliphatic carbocycles. The van der Waals surface area contributed by atoms with Crippen molar-refractivity contribution in [2.45, 2.75) is 13.0 Å². The average Bonchev–Trinajstić information content (AvgIpc) is 2.69. The van der Waals surface area contributed by atoms with Crippen LogP contribution in [0.2, 0.25) is 0 Å². The molecule has 0 amide bonds. The third-order valence-corrected chi connectivity index (χ3v) is 1.86. The van der Waals surface area contributed by atoms with Crippen molar-refractivity contribution in [2.75, 3.05) is 26.4 Å². The zero-order valence-electron chi connectivity index (χ0n) is 8.33. The molecule has 0 spiro atoms. The van der Waals surface area contributed by atoms with Gasteiger partial charge in [0.15, 0.2) is 0 Å². The first kappa shape index (κ1) is 11.2. The molecule has 1 aromatic heterocycles. The summed E-state index contributed by atoms with van der Waals surface area (Å²) in [5.74, 6) is 0. The van der Waals surface area contributed by atoms with Gasteiger partial charge in [-0.25, -0.2) is 0 Å². The number of ether oxygens (including phenoxy) is 1. The maximum Gasteiger partial charge on any atom is 0.0697 e. The molecule has 0 bridgehead atoms. The van der Waals surface area contributed by atoms with Crippen LogP contribution in [0.3, 0.4) is 0 Å². The Hall–Kier alpha value is -0.840. The van der Waals surface area contributed by atoms with Crippen LogP contribution < -0.4 is 5.32 Å². The molecule has 1 rings (SSSR count). The standard InChI is InChI=1S/C10H18N2O2/c13-6-8-14-7-2-4-11-9-10-3-1-5-12-10/h1,3,5,11-13H,2,4,6-9H2. The third-order valence-electron chi connectivity index (χ3n) is 1.86. The minimum absolute atomic E-state index is 0.107. The van der Waals surface area contributed by atoms with Crippen LogP contribution in [0.15, 0.2) is 18.3 Å². The molecular weight excluding hydrogens is 180 g/mol. The number of nitrogens with one attached hydrogen (secondary N) is 2. The fraction of sp³-hybridized carbons (Fsp3) is 0.600. The van der Waals surface area contributed by atoms with E-state index in [1.54, 1.807) is 0 Å². The molecule has 1 aromatic rings. The molecule has 1 heterocycles. The zero-order chi connectivity index (χ0) is 10.1. The Balaban J connectivity index is 1.85. The van der Waals surface area contributed by atoms with E-state index in [1.165, 1.54) is 5.69 Å². The summed E-state index contributed by atoms with van der Waals surface area (Å²) in [4.78, 5) is 3.12. The van der Waals surface area contributed by atoms with Crippen molar-refractivity contribution in [3.05, 3.63) is 24.0 Å². The monoisotopic (exact) mass is 198 g/mol. The van der Waals surface area contributed by atoms with Gasteiger partial charge in [-0.15, -0.1) is 0 Å². The Labute approximate surface area is 84.3 Å². The summed E-state index contributed by atoms with van der Waals surface area (Å²) in [5.41, 5.74) is 1.20. The Bertz CT molecular complexity index is 212. The third kappa shape index (κ3) is 5.01. The van der Waals surface area contributed by atoms with Crippen LogP contribution in [-0.4, -0.2) is 36.5 Å². The van der Waals surface area contributed by atoms with Gasteiger partial charge in [-0.1, -0.05) is 0 Å². The van der Waals surface area contributed by atoms with Gasteiger partial charge in [0.1, 0.15) is 0 Å². The highest BCUT2D eigenvalue weighted by Crippen LogP contribution is 1.92. The van der Waals surface area contributed by atoms with Crippen LogP contribution in [0.25, 0.3) is 0 Å². The van der Waals surface area contributed by atoms with Gasteiger partial charge in [-0.3, -0.25) is 0 Å². The lowest BCUT2D eigenvalue weighted by molar-refractivity contribution is 0.0907. The van der Waals surface area contributed by atoms with Crippen molar-refractivity contribution < 1.29 is 9.84 Å². The molecule has 0 aromatic carbocycles. The second-order valence-electron chi connectivity index (χ2n) is 3.06. The molecule has 0 unspecified atom stereocenters. The zero-order valence-corrected chi connectivity index (χ0v) is 8.33. The van der Waals surface area contributed by atoms with Crippen molar-refractivity contribution in [2.24, 2.45) is 0 Å². The molecule has 0 atom stereocenters. The lowest BCUT2D eigenvalue weighted by Gasteiger charge is -2.03. The minimum Gasteiger partial charge on any atom is -0.394 e. The van der Waals surface area contributed by atoms with Gasteiger partial charge in [0.2, 0.25) is 0 Å². The van der Waals surface area contributed by atoms with Gasteiger partial charge in [0.25, 0.3) is 0 Å². The fourth-order valence-corrected chi connectivity index (χ4v) is 1.17. The first-order valence-electron chi connectivity index (χ1n) is 4.95. The largest absolute Gasteiger partial charge is 0.394 e. The number of H-pyrrole nitrogens is 1. The van der Waals surface area contributed by atoms with E-state index in [0.29, 0.717) is 13.2 Å². The van der Waals surface area contributed by atoms with Gasteiger partial charge >= 0.3 is 0 Å². The molecule has 3 N–H and O–H groups in total. The minimum atomic E-state index is 0.107. The van der Waals surface area contributed by atoms with Crippen molar-refractivity contribution in [1.29, 1.82) is 0 Å². The summed E-state index contributed by atoms with van der Waals surface area (Å²) >= 11 is 0. The molecule has 0 saturated heterocycles. The van der Waals surface area contributed by atoms with Crippen LogP contribution in [0, 0.1) is 0 Å². The summed E-state index contributed by atoms with van der Waals surface area (Å²) in [5, 5.41) is 11.7. The highest BCUT2D eigenvalue weighted by molar-refractivity contribution is 5.02. The van der Waals surface area contributed by atoms with E-state index < -0.39 is 0 Å². The number of hydrogen-bond acceptors (Lipinski definition) is 3. The maximum atomic E-state index is 8.45. The molecule has 0 aliphatic rings. The van der Waals surface area contributed by atoms with Crippen LogP contribution in [-0.2, 0) is 11.3 Å². The molecule has 80 valence electrons. The summed E-state index contributed by atoms with van der Waals surface area (Å²) < 4.78 is 5.12. The Morgan fingerprint density at radius 2 is 2.36 bits per heavy atom. The van der Waals surface area contributed by atoms with Crippen molar-refractivity contribution in [3.63, 3.8) is 0 Å². The van der Waals surface area contributed by atoms with E-state index >= 15 is 0 Å². The predicted octanol–water partition coefficient (Wildman–Crippen LogP) is 0.503. The molecule has 0 saturated carbocycles. The number of aliphatic hydroxyl groups excluding tert-OH is 1. The highest BCUT2D eigenvalue weighted by atomic mass is 16.5. The number of aromatic nitrogens is 1. The molecule has 0 fully saturated rings. The number of hydrogen-bond donors (Lipinski definition) is 3. The lowest BCUT2D eigenvalue weighted by atomic mass is 10.4. The van der Waals surface area contributed by atoms with Crippen molar-refractivity contribution in [3.8, 4) is 0 Å². The maximum absolute atomic E-state index is 8.45. The number of rotatable bonds is 8. The fourth-order valence-electron chi connectivity index (χ4n) is 1.17. The second kappa shape index (κ2) is 7.55. The summed E-state index contributed by atoms with van der Waals surface area (Å²) in [6, 6.07) is 4.04. The Morgan fingerprint density at radius 3 is 3.07 bits per heavy atom. The summed E-state index contributed by atoms with van der Waals surface area (Å²) in [7, 11) is 0.